The molecular weight excluding hydrogens is 356 g/mol. The highest BCUT2D eigenvalue weighted by Gasteiger charge is 2.58. The molecule has 3 nitrogen and oxygen atoms in total. The van der Waals surface area contributed by atoms with Crippen LogP contribution >= 0.6 is 0 Å². The van der Waals surface area contributed by atoms with Gasteiger partial charge < -0.3 is 0 Å². The van der Waals surface area contributed by atoms with Crippen LogP contribution in [0.3, 0.4) is 0 Å². The fourth-order valence-electron chi connectivity index (χ4n) is 6.24. The summed E-state index contributed by atoms with van der Waals surface area (Å²) in [5.41, 5.74) is 9.74. The Morgan fingerprint density at radius 2 is 1.28 bits per heavy atom. The minimum Gasteiger partial charge on any atom is -0.274 e. The van der Waals surface area contributed by atoms with Gasteiger partial charge in [-0.05, 0) is 59.4 Å². The molecule has 1 aliphatic heterocycles. The van der Waals surface area contributed by atoms with Crippen molar-refractivity contribution in [3.8, 4) is 0 Å². The molecule has 4 aromatic rings. The van der Waals surface area contributed by atoms with E-state index in [1.165, 1.54) is 33.4 Å². The summed E-state index contributed by atoms with van der Waals surface area (Å²) in [7, 11) is 0. The van der Waals surface area contributed by atoms with Gasteiger partial charge in [0.1, 0.15) is 5.82 Å². The van der Waals surface area contributed by atoms with Crippen molar-refractivity contribution >= 4 is 16.9 Å². The van der Waals surface area contributed by atoms with E-state index in [2.05, 4.69) is 74.5 Å². The summed E-state index contributed by atoms with van der Waals surface area (Å²) in [6.07, 6.45) is 0. The molecule has 3 heteroatoms. The number of aryl methyl sites for hydroxylation is 2. The third-order valence-corrected chi connectivity index (χ3v) is 7.54. The summed E-state index contributed by atoms with van der Waals surface area (Å²) in [4.78, 5) is 18.9. The standard InChI is InChI=1S/C26H20N2O/c1-13-11-19-20(12-14(13)2)28-25(27-19)23-21-15-7-3-5-9-17(15)22(24(23)26(28)29)18-10-6-4-8-16(18)21/h3-12,21-24H,1-2H3. The second kappa shape index (κ2) is 5.04. The van der Waals surface area contributed by atoms with Gasteiger partial charge in [0.2, 0.25) is 5.91 Å². The number of nitrogens with zero attached hydrogens (tertiary/aromatic N) is 2. The zero-order valence-electron chi connectivity index (χ0n) is 16.4. The number of hydrogen-bond acceptors (Lipinski definition) is 2. The van der Waals surface area contributed by atoms with Crippen LogP contribution in [0.1, 0.15) is 61.8 Å². The summed E-state index contributed by atoms with van der Waals surface area (Å²) < 4.78 is 1.94. The summed E-state index contributed by atoms with van der Waals surface area (Å²) in [6.45, 7) is 4.22. The summed E-state index contributed by atoms with van der Waals surface area (Å²) in [5, 5.41) is 0. The lowest BCUT2D eigenvalue weighted by atomic mass is 9.55. The number of aromatic nitrogens is 2. The van der Waals surface area contributed by atoms with Crippen LogP contribution < -0.4 is 0 Å². The molecule has 3 aliphatic carbocycles. The Morgan fingerprint density at radius 1 is 0.759 bits per heavy atom. The molecule has 0 saturated carbocycles. The van der Waals surface area contributed by atoms with E-state index in [4.69, 9.17) is 4.98 Å². The minimum absolute atomic E-state index is 0.0571. The average molecular weight is 376 g/mol. The van der Waals surface area contributed by atoms with Crippen molar-refractivity contribution < 1.29 is 4.79 Å². The topological polar surface area (TPSA) is 34.9 Å². The largest absolute Gasteiger partial charge is 0.274 e. The smallest absolute Gasteiger partial charge is 0.237 e. The highest BCUT2D eigenvalue weighted by atomic mass is 16.2. The number of hydrogen-bond donors (Lipinski definition) is 0. The van der Waals surface area contributed by atoms with E-state index in [9.17, 15) is 4.79 Å². The van der Waals surface area contributed by atoms with E-state index in [1.54, 1.807) is 0 Å². The van der Waals surface area contributed by atoms with Crippen molar-refractivity contribution in [2.24, 2.45) is 5.92 Å². The zero-order chi connectivity index (χ0) is 19.4. The van der Waals surface area contributed by atoms with Crippen molar-refractivity contribution in [1.82, 2.24) is 9.55 Å². The van der Waals surface area contributed by atoms with Crippen molar-refractivity contribution in [1.29, 1.82) is 0 Å². The Kier molecular flexibility index (Phi) is 2.73. The van der Waals surface area contributed by atoms with E-state index in [1.807, 2.05) is 4.57 Å². The fourth-order valence-corrected chi connectivity index (χ4v) is 6.24. The van der Waals surface area contributed by atoms with Gasteiger partial charge in [0, 0.05) is 17.8 Å². The average Bonchev–Trinajstić information content (AvgIpc) is 3.24. The maximum Gasteiger partial charge on any atom is 0.237 e. The Balaban J connectivity index is 1.56. The number of imidazole rings is 1. The van der Waals surface area contributed by atoms with Crippen LogP contribution in [-0.4, -0.2) is 15.5 Å². The molecule has 2 unspecified atom stereocenters. The first kappa shape index (κ1) is 15.7. The third-order valence-electron chi connectivity index (χ3n) is 7.54. The maximum absolute atomic E-state index is 13.8. The van der Waals surface area contributed by atoms with Crippen LogP contribution in [0, 0.1) is 19.8 Å². The zero-order valence-corrected chi connectivity index (χ0v) is 16.4. The van der Waals surface area contributed by atoms with E-state index >= 15 is 0 Å². The molecule has 0 amide bonds. The number of benzene rings is 3. The highest BCUT2D eigenvalue weighted by Crippen LogP contribution is 2.63. The minimum atomic E-state index is -0.0571. The van der Waals surface area contributed by atoms with Crippen LogP contribution in [0.5, 0.6) is 0 Å². The second-order valence-electron chi connectivity index (χ2n) is 8.83. The maximum atomic E-state index is 13.8. The van der Waals surface area contributed by atoms with Gasteiger partial charge in [-0.3, -0.25) is 9.36 Å². The van der Waals surface area contributed by atoms with Crippen molar-refractivity contribution in [2.75, 3.05) is 0 Å². The lowest BCUT2D eigenvalue weighted by Crippen LogP contribution is -2.39. The first-order valence-electron chi connectivity index (χ1n) is 10.4. The van der Waals surface area contributed by atoms with E-state index < -0.39 is 0 Å². The van der Waals surface area contributed by atoms with Gasteiger partial charge in [0.15, 0.2) is 0 Å². The van der Waals surface area contributed by atoms with E-state index in [0.717, 1.165) is 16.9 Å². The lowest BCUT2D eigenvalue weighted by Gasteiger charge is -2.46. The molecule has 0 fully saturated rings. The monoisotopic (exact) mass is 376 g/mol. The number of fused-ring (bicyclic) bond motifs is 3. The van der Waals surface area contributed by atoms with Crippen LogP contribution in [0.25, 0.3) is 11.0 Å². The van der Waals surface area contributed by atoms with Crippen molar-refractivity contribution in [3.05, 3.63) is 99.9 Å². The van der Waals surface area contributed by atoms with Gasteiger partial charge >= 0.3 is 0 Å². The molecule has 1 aromatic heterocycles. The van der Waals surface area contributed by atoms with Gasteiger partial charge in [-0.15, -0.1) is 0 Å². The van der Waals surface area contributed by atoms with E-state index in [-0.39, 0.29) is 29.6 Å². The summed E-state index contributed by atoms with van der Waals surface area (Å²) in [6, 6.07) is 21.7. The number of rotatable bonds is 0. The summed E-state index contributed by atoms with van der Waals surface area (Å²) >= 11 is 0. The Labute approximate surface area is 169 Å². The third kappa shape index (κ3) is 1.71. The van der Waals surface area contributed by atoms with Gasteiger partial charge in [-0.25, -0.2) is 4.98 Å². The molecule has 4 aliphatic rings. The highest BCUT2D eigenvalue weighted by molar-refractivity contribution is 5.98. The lowest BCUT2D eigenvalue weighted by molar-refractivity contribution is 0.0829. The van der Waals surface area contributed by atoms with Crippen LogP contribution in [0.4, 0.5) is 0 Å². The Morgan fingerprint density at radius 3 is 1.86 bits per heavy atom. The van der Waals surface area contributed by atoms with Gasteiger partial charge in [0.25, 0.3) is 0 Å². The summed E-state index contributed by atoms with van der Waals surface area (Å²) in [5.74, 6) is 1.55. The second-order valence-corrected chi connectivity index (χ2v) is 8.83. The number of carbonyl (C=O) groups excluding carboxylic acids is 1. The van der Waals surface area contributed by atoms with Gasteiger partial charge in [0.05, 0.1) is 17.0 Å². The normalized spacial score (nSPS) is 25.7. The molecule has 0 radical (unpaired) electrons. The van der Waals surface area contributed by atoms with Crippen LogP contribution in [0.15, 0.2) is 60.7 Å². The van der Waals surface area contributed by atoms with Crippen molar-refractivity contribution in [2.45, 2.75) is 31.6 Å². The first-order chi connectivity index (χ1) is 14.1. The molecule has 0 spiro atoms. The van der Waals surface area contributed by atoms with Gasteiger partial charge in [-0.2, -0.15) is 0 Å². The predicted octanol–water partition coefficient (Wildman–Crippen LogP) is 5.30. The molecule has 2 heterocycles. The quantitative estimate of drug-likeness (QED) is 0.417. The molecule has 0 saturated heterocycles. The molecule has 29 heavy (non-hydrogen) atoms. The van der Waals surface area contributed by atoms with Crippen LogP contribution in [0.2, 0.25) is 0 Å². The Hall–Kier alpha value is -3.20. The molecule has 8 rings (SSSR count). The molecule has 140 valence electrons. The molecule has 3 aromatic carbocycles. The molecule has 0 N–H and O–H groups in total. The molecular formula is C26H20N2O. The van der Waals surface area contributed by atoms with Crippen molar-refractivity contribution in [3.63, 3.8) is 0 Å². The van der Waals surface area contributed by atoms with Gasteiger partial charge in [-0.1, -0.05) is 48.5 Å². The molecule has 2 atom stereocenters. The predicted molar refractivity (Wildman–Crippen MR) is 113 cm³/mol. The SMILES string of the molecule is Cc1cc2nc3n(c2cc1C)C(=O)C1C2c4ccccc4C(c4ccccc42)C31. The number of carbonyl (C=O) groups is 1. The Bertz CT molecular complexity index is 1330. The fraction of sp³-hybridized carbons (Fsp3) is 0.231. The first-order valence-corrected chi connectivity index (χ1v) is 10.4. The van der Waals surface area contributed by atoms with Crippen LogP contribution in [-0.2, 0) is 0 Å². The molecule has 2 bridgehead atoms. The van der Waals surface area contributed by atoms with E-state index in [0.29, 0.717) is 0 Å².